The summed E-state index contributed by atoms with van der Waals surface area (Å²) < 4.78 is 24.6. The Kier molecular flexibility index (Phi) is 9.02. The molecule has 3 aromatic rings. The van der Waals surface area contributed by atoms with Crippen molar-refractivity contribution in [3.63, 3.8) is 0 Å². The van der Waals surface area contributed by atoms with Crippen LogP contribution in [0.4, 0.5) is 15.9 Å². The van der Waals surface area contributed by atoms with Crippen molar-refractivity contribution < 1.29 is 39.4 Å². The minimum Gasteiger partial charge on any atom is -0.496 e. The van der Waals surface area contributed by atoms with Gasteiger partial charge < -0.3 is 40.3 Å². The number of hydrogen-bond acceptors (Lipinski definition) is 10. The van der Waals surface area contributed by atoms with Crippen LogP contribution in [-0.4, -0.2) is 80.7 Å². The minimum absolute atomic E-state index is 0.00610. The highest BCUT2D eigenvalue weighted by atomic mass is 35.5. The molecule has 190 valence electrons. The molecule has 1 unspecified atom stereocenters. The Balaban J connectivity index is 1.98. The molecule has 0 aliphatic rings. The van der Waals surface area contributed by atoms with Crippen LogP contribution < -0.4 is 10.1 Å². The number of anilines is 2. The average molecular weight is 532 g/mol. The number of nitrogens with one attached hydrogen (secondary N) is 1. The van der Waals surface area contributed by atoms with E-state index < -0.39 is 42.9 Å². The molecule has 5 atom stereocenters. The van der Waals surface area contributed by atoms with Gasteiger partial charge in [-0.25, -0.2) is 14.4 Å². The van der Waals surface area contributed by atoms with Crippen LogP contribution in [0.15, 0.2) is 30.6 Å². The molecule has 0 radical (unpaired) electrons. The summed E-state index contributed by atoms with van der Waals surface area (Å²) in [5.74, 6) is -0.393. The van der Waals surface area contributed by atoms with Crippen LogP contribution in [-0.2, 0) is 4.74 Å². The maximum Gasteiger partial charge on any atom is 0.148 e. The van der Waals surface area contributed by atoms with E-state index in [0.717, 1.165) is 6.07 Å². The van der Waals surface area contributed by atoms with Crippen LogP contribution >= 0.6 is 23.2 Å². The van der Waals surface area contributed by atoms with E-state index >= 15 is 0 Å². The third kappa shape index (κ3) is 5.74. The number of rotatable bonds is 10. The Morgan fingerprint density at radius 2 is 1.66 bits per heavy atom. The SMILES string of the molecule is COc1cc2c(Nc3cc(Cl)c(Cl)cc3F)ncnc2cc1C(O)[C@H](O)[C@@H](O)[C@H](O)[C@H](CO)OC. The summed E-state index contributed by atoms with van der Waals surface area (Å²) in [7, 11) is 2.53. The average Bonchev–Trinajstić information content (AvgIpc) is 2.85. The van der Waals surface area contributed by atoms with Crippen LogP contribution in [0.2, 0.25) is 10.0 Å². The summed E-state index contributed by atoms with van der Waals surface area (Å²) in [5, 5.41) is 54.4. The molecule has 10 nitrogen and oxygen atoms in total. The molecule has 13 heteroatoms. The molecule has 0 saturated carbocycles. The molecule has 35 heavy (non-hydrogen) atoms. The molecule has 0 saturated heterocycles. The van der Waals surface area contributed by atoms with Crippen LogP contribution in [0.3, 0.4) is 0 Å². The van der Waals surface area contributed by atoms with Crippen molar-refractivity contribution in [3.05, 3.63) is 52.0 Å². The largest absolute Gasteiger partial charge is 0.496 e. The Morgan fingerprint density at radius 3 is 2.29 bits per heavy atom. The van der Waals surface area contributed by atoms with E-state index in [1.54, 1.807) is 0 Å². The number of ether oxygens (including phenoxy) is 2. The van der Waals surface area contributed by atoms with E-state index in [4.69, 9.17) is 32.7 Å². The van der Waals surface area contributed by atoms with E-state index in [-0.39, 0.29) is 38.4 Å². The Bertz CT molecular complexity index is 1190. The number of benzene rings is 2. The molecule has 0 aliphatic heterocycles. The first-order chi connectivity index (χ1) is 16.6. The Labute approximate surface area is 209 Å². The van der Waals surface area contributed by atoms with Gasteiger partial charge in [-0.05, 0) is 24.3 Å². The lowest BCUT2D eigenvalue weighted by Gasteiger charge is -2.30. The number of fused-ring (bicyclic) bond motifs is 1. The van der Waals surface area contributed by atoms with E-state index in [9.17, 15) is 29.9 Å². The highest BCUT2D eigenvalue weighted by molar-refractivity contribution is 6.42. The van der Waals surface area contributed by atoms with Gasteiger partial charge >= 0.3 is 0 Å². The second-order valence-corrected chi connectivity index (χ2v) is 8.39. The number of aliphatic hydroxyl groups excluding tert-OH is 5. The Morgan fingerprint density at radius 1 is 0.971 bits per heavy atom. The van der Waals surface area contributed by atoms with Gasteiger partial charge in [-0.1, -0.05) is 23.2 Å². The molecule has 0 bridgehead atoms. The molecule has 3 rings (SSSR count). The van der Waals surface area contributed by atoms with Crippen molar-refractivity contribution >= 4 is 45.6 Å². The van der Waals surface area contributed by atoms with Crippen LogP contribution in [0.25, 0.3) is 10.9 Å². The van der Waals surface area contributed by atoms with Crippen LogP contribution in [0.5, 0.6) is 5.75 Å². The number of halogens is 3. The molecule has 1 aromatic heterocycles. The summed E-state index contributed by atoms with van der Waals surface area (Å²) in [5.41, 5.74) is 0.332. The van der Waals surface area contributed by atoms with Crippen LogP contribution in [0.1, 0.15) is 11.7 Å². The van der Waals surface area contributed by atoms with Gasteiger partial charge in [0.05, 0.1) is 35.0 Å². The predicted molar refractivity (Wildman–Crippen MR) is 127 cm³/mol. The van der Waals surface area contributed by atoms with Crippen molar-refractivity contribution in [2.24, 2.45) is 0 Å². The highest BCUT2D eigenvalue weighted by Crippen LogP contribution is 2.36. The van der Waals surface area contributed by atoms with Gasteiger partial charge in [0.2, 0.25) is 0 Å². The monoisotopic (exact) mass is 531 g/mol. The van der Waals surface area contributed by atoms with E-state index in [0.29, 0.717) is 5.39 Å². The van der Waals surface area contributed by atoms with Gasteiger partial charge in [-0.2, -0.15) is 0 Å². The highest BCUT2D eigenvalue weighted by Gasteiger charge is 2.36. The van der Waals surface area contributed by atoms with E-state index in [2.05, 4.69) is 15.3 Å². The quantitative estimate of drug-likeness (QED) is 0.213. The van der Waals surface area contributed by atoms with Crippen molar-refractivity contribution in [2.75, 3.05) is 26.1 Å². The molecule has 0 fully saturated rings. The maximum atomic E-state index is 14.4. The summed E-state index contributed by atoms with van der Waals surface area (Å²) in [6.45, 7) is -0.622. The molecule has 6 N–H and O–H groups in total. The first-order valence-electron chi connectivity index (χ1n) is 10.2. The molecule has 0 spiro atoms. The van der Waals surface area contributed by atoms with Gasteiger partial charge in [0, 0.05) is 18.1 Å². The lowest BCUT2D eigenvalue weighted by molar-refractivity contribution is -0.148. The third-order valence-electron chi connectivity index (χ3n) is 5.46. The Hall–Kier alpha value is -2.35. The number of aliphatic hydroxyl groups is 5. The fourth-order valence-electron chi connectivity index (χ4n) is 3.47. The molecular weight excluding hydrogens is 508 g/mol. The second-order valence-electron chi connectivity index (χ2n) is 7.58. The van der Waals surface area contributed by atoms with Crippen LogP contribution in [0, 0.1) is 5.82 Å². The summed E-state index contributed by atoms with van der Waals surface area (Å²) >= 11 is 11.8. The second kappa shape index (κ2) is 11.6. The zero-order valence-corrected chi connectivity index (χ0v) is 20.1. The summed E-state index contributed by atoms with van der Waals surface area (Å²) in [4.78, 5) is 8.27. The van der Waals surface area contributed by atoms with Crippen molar-refractivity contribution in [3.8, 4) is 5.75 Å². The number of aromatic nitrogens is 2. The fraction of sp³-hybridized carbons (Fsp3) is 0.364. The number of methoxy groups -OCH3 is 2. The summed E-state index contributed by atoms with van der Waals surface area (Å²) in [6.07, 6.45) is -7.17. The zero-order valence-electron chi connectivity index (χ0n) is 18.6. The first-order valence-corrected chi connectivity index (χ1v) is 11.0. The first kappa shape index (κ1) is 27.2. The van der Waals surface area contributed by atoms with Gasteiger partial charge in [0.25, 0.3) is 0 Å². The summed E-state index contributed by atoms with van der Waals surface area (Å²) in [6, 6.07) is 5.19. The van der Waals surface area contributed by atoms with E-state index in [1.165, 1.54) is 38.7 Å². The molecule has 0 aliphatic carbocycles. The van der Waals surface area contributed by atoms with Gasteiger partial charge in [0.15, 0.2) is 0 Å². The molecule has 1 heterocycles. The van der Waals surface area contributed by atoms with Gasteiger partial charge in [-0.3, -0.25) is 0 Å². The van der Waals surface area contributed by atoms with Crippen molar-refractivity contribution in [1.82, 2.24) is 9.97 Å². The smallest absolute Gasteiger partial charge is 0.148 e. The minimum atomic E-state index is -1.88. The number of hydrogen-bond donors (Lipinski definition) is 6. The lowest BCUT2D eigenvalue weighted by Crippen LogP contribution is -2.48. The molecule has 0 amide bonds. The lowest BCUT2D eigenvalue weighted by atomic mass is 9.94. The normalized spacial score (nSPS) is 15.9. The standard InChI is InChI=1S/C22H24Cl2FN3O7/c1-34-16-4-9-14(3-10(16)18(30)20(32)21(33)19(31)17(7-29)35-2)26-8-27-22(9)28-15-6-12(24)11(23)5-13(15)25/h3-6,8,17-21,29-33H,7H2,1-2H3,(H,26,27,28)/t17-,18?,19+,20-,21-/m0/s1. The van der Waals surface area contributed by atoms with Gasteiger partial charge in [0.1, 0.15) is 54.2 Å². The molecular formula is C22H24Cl2FN3O7. The number of nitrogens with zero attached hydrogens (tertiary/aromatic N) is 2. The topological polar surface area (TPSA) is 157 Å². The van der Waals surface area contributed by atoms with Gasteiger partial charge in [-0.15, -0.1) is 0 Å². The fourth-order valence-corrected chi connectivity index (χ4v) is 3.78. The van der Waals surface area contributed by atoms with E-state index in [1.807, 2.05) is 0 Å². The third-order valence-corrected chi connectivity index (χ3v) is 6.18. The van der Waals surface area contributed by atoms with Crippen molar-refractivity contribution in [2.45, 2.75) is 30.5 Å². The maximum absolute atomic E-state index is 14.4. The zero-order chi connectivity index (χ0) is 25.9. The predicted octanol–water partition coefficient (Wildman–Crippen LogP) is 1.95. The van der Waals surface area contributed by atoms with Crippen molar-refractivity contribution in [1.29, 1.82) is 0 Å². The molecule has 2 aromatic carbocycles.